The third-order valence-corrected chi connectivity index (χ3v) is 5.68. The van der Waals surface area contributed by atoms with Crippen LogP contribution < -0.4 is 10.5 Å². The van der Waals surface area contributed by atoms with E-state index in [0.717, 1.165) is 7.05 Å². The summed E-state index contributed by atoms with van der Waals surface area (Å²) >= 11 is 0. The van der Waals surface area contributed by atoms with Crippen LogP contribution >= 0.6 is 0 Å². The number of aliphatic imine (C=N–C) groups is 1. The summed E-state index contributed by atoms with van der Waals surface area (Å²) in [4.78, 5) is 16.3. The monoisotopic (exact) mass is 434 g/mol. The highest BCUT2D eigenvalue weighted by Gasteiger charge is 2.29. The summed E-state index contributed by atoms with van der Waals surface area (Å²) in [5.41, 5.74) is 5.12. The van der Waals surface area contributed by atoms with E-state index in [1.54, 1.807) is 52.0 Å². The Hall–Kier alpha value is -2.90. The molecule has 0 fully saturated rings. The lowest BCUT2D eigenvalue weighted by molar-refractivity contribution is 0.0420. The lowest BCUT2D eigenvalue weighted by Crippen LogP contribution is -2.40. The highest BCUT2D eigenvalue weighted by molar-refractivity contribution is 7.88. The van der Waals surface area contributed by atoms with E-state index in [4.69, 9.17) is 15.2 Å². The standard InChI is InChI=1S/C20H26N4O5S/c1-14-10-20(22,13-21)11-17(23-14)28-16-8-6-15(7-9-16)12-30(26,27)24(5)18(25)29-19(2,3)4/h6-9,11H,10,12,22H2,1-5H3. The molecule has 0 radical (unpaired) electrons. The zero-order valence-corrected chi connectivity index (χ0v) is 18.5. The Labute approximate surface area is 176 Å². The average molecular weight is 435 g/mol. The molecule has 162 valence electrons. The summed E-state index contributed by atoms with van der Waals surface area (Å²) in [6, 6.07) is 8.30. The molecular formula is C20H26N4O5S. The quantitative estimate of drug-likeness (QED) is 0.752. The molecule has 0 aliphatic carbocycles. The van der Waals surface area contributed by atoms with Crippen molar-refractivity contribution in [3.8, 4) is 11.8 Å². The van der Waals surface area contributed by atoms with Crippen molar-refractivity contribution in [2.45, 2.75) is 51.0 Å². The Kier molecular flexibility index (Phi) is 6.59. The fraction of sp³-hybridized carbons (Fsp3) is 0.450. The van der Waals surface area contributed by atoms with Crippen LogP contribution in [0, 0.1) is 11.3 Å². The predicted molar refractivity (Wildman–Crippen MR) is 112 cm³/mol. The van der Waals surface area contributed by atoms with E-state index in [0.29, 0.717) is 27.8 Å². The summed E-state index contributed by atoms with van der Waals surface area (Å²) in [7, 11) is -2.76. The van der Waals surface area contributed by atoms with Gasteiger partial charge in [-0.15, -0.1) is 0 Å². The molecule has 2 rings (SSSR count). The van der Waals surface area contributed by atoms with Gasteiger partial charge in [-0.3, -0.25) is 0 Å². The van der Waals surface area contributed by atoms with Crippen molar-refractivity contribution >= 4 is 21.8 Å². The lowest BCUT2D eigenvalue weighted by atomic mass is 9.94. The van der Waals surface area contributed by atoms with Crippen LogP contribution in [0.4, 0.5) is 4.79 Å². The Bertz CT molecular complexity index is 1020. The summed E-state index contributed by atoms with van der Waals surface area (Å²) in [6.45, 7) is 6.72. The van der Waals surface area contributed by atoms with Crippen molar-refractivity contribution < 1.29 is 22.7 Å². The first-order valence-electron chi connectivity index (χ1n) is 9.16. The predicted octanol–water partition coefficient (Wildman–Crippen LogP) is 2.69. The van der Waals surface area contributed by atoms with E-state index in [9.17, 15) is 18.5 Å². The van der Waals surface area contributed by atoms with Crippen LogP contribution in [0.25, 0.3) is 0 Å². The maximum atomic E-state index is 12.5. The molecule has 1 aliphatic rings. The van der Waals surface area contributed by atoms with E-state index < -0.39 is 27.3 Å². The van der Waals surface area contributed by atoms with E-state index >= 15 is 0 Å². The molecule has 0 spiro atoms. The number of amides is 1. The normalized spacial score (nSPS) is 19.2. The SMILES string of the molecule is CC1=NC(Oc2ccc(CS(=O)(=O)N(C)C(=O)OC(C)(C)C)cc2)=CC(N)(C#N)C1. The third kappa shape index (κ3) is 6.30. The van der Waals surface area contributed by atoms with E-state index in [1.807, 2.05) is 6.07 Å². The molecule has 0 saturated heterocycles. The van der Waals surface area contributed by atoms with Gasteiger partial charge in [0, 0.05) is 25.3 Å². The molecule has 2 N–H and O–H groups in total. The second kappa shape index (κ2) is 8.45. The molecular weight excluding hydrogens is 408 g/mol. The zero-order chi connectivity index (χ0) is 22.7. The van der Waals surface area contributed by atoms with Gasteiger partial charge >= 0.3 is 6.09 Å². The molecule has 1 aromatic rings. The van der Waals surface area contributed by atoms with Gasteiger partial charge in [-0.1, -0.05) is 12.1 Å². The number of carbonyl (C=O) groups excluding carboxylic acids is 1. The Morgan fingerprint density at radius 1 is 1.33 bits per heavy atom. The summed E-state index contributed by atoms with van der Waals surface area (Å²) < 4.78 is 36.3. The third-order valence-electron chi connectivity index (χ3n) is 4.00. The number of ether oxygens (including phenoxy) is 2. The summed E-state index contributed by atoms with van der Waals surface area (Å²) in [5.74, 6) is 0.220. The fourth-order valence-corrected chi connectivity index (χ4v) is 3.67. The van der Waals surface area contributed by atoms with Crippen LogP contribution in [-0.4, -0.2) is 42.7 Å². The van der Waals surface area contributed by atoms with Crippen LogP contribution in [-0.2, 0) is 20.5 Å². The number of rotatable bonds is 5. The van der Waals surface area contributed by atoms with Crippen LogP contribution in [0.15, 0.2) is 41.2 Å². The molecule has 9 nitrogen and oxygen atoms in total. The van der Waals surface area contributed by atoms with Crippen molar-refractivity contribution in [1.29, 1.82) is 5.26 Å². The second-order valence-electron chi connectivity index (χ2n) is 8.11. The van der Waals surface area contributed by atoms with Crippen molar-refractivity contribution in [2.24, 2.45) is 10.7 Å². The minimum Gasteiger partial charge on any atom is -0.443 e. The van der Waals surface area contributed by atoms with Gasteiger partial charge < -0.3 is 15.2 Å². The van der Waals surface area contributed by atoms with Gasteiger partial charge in [0.15, 0.2) is 0 Å². The minimum atomic E-state index is -3.92. The molecule has 0 bridgehead atoms. The summed E-state index contributed by atoms with van der Waals surface area (Å²) in [6.07, 6.45) is 0.828. The van der Waals surface area contributed by atoms with E-state index in [2.05, 4.69) is 4.99 Å². The molecule has 1 amide bonds. The minimum absolute atomic E-state index is 0.202. The molecule has 1 heterocycles. The lowest BCUT2D eigenvalue weighted by Gasteiger charge is -2.24. The molecule has 0 aromatic heterocycles. The van der Waals surface area contributed by atoms with Gasteiger partial charge in [0.2, 0.25) is 15.9 Å². The number of nitrogens with zero attached hydrogens (tertiary/aromatic N) is 3. The number of hydrogen-bond acceptors (Lipinski definition) is 8. The number of nitriles is 1. The van der Waals surface area contributed by atoms with Crippen LogP contribution in [0.5, 0.6) is 5.75 Å². The smallest absolute Gasteiger partial charge is 0.423 e. The van der Waals surface area contributed by atoms with Crippen molar-refractivity contribution in [1.82, 2.24) is 4.31 Å². The Morgan fingerprint density at radius 3 is 2.47 bits per heavy atom. The molecule has 1 aromatic carbocycles. The van der Waals surface area contributed by atoms with Gasteiger partial charge in [0.1, 0.15) is 16.9 Å². The van der Waals surface area contributed by atoms with Gasteiger partial charge in [0.05, 0.1) is 11.8 Å². The molecule has 1 atom stereocenters. The average Bonchev–Trinajstić information content (AvgIpc) is 2.60. The molecule has 10 heteroatoms. The van der Waals surface area contributed by atoms with Crippen LogP contribution in [0.3, 0.4) is 0 Å². The van der Waals surface area contributed by atoms with Crippen molar-refractivity contribution in [2.75, 3.05) is 7.05 Å². The topological polar surface area (TPSA) is 135 Å². The first-order valence-corrected chi connectivity index (χ1v) is 10.8. The number of carbonyl (C=O) groups is 1. The number of nitrogens with two attached hydrogens (primary N) is 1. The number of hydrogen-bond donors (Lipinski definition) is 1. The second-order valence-corrected chi connectivity index (χ2v) is 10.1. The molecule has 1 unspecified atom stereocenters. The highest BCUT2D eigenvalue weighted by atomic mass is 32.2. The van der Waals surface area contributed by atoms with Crippen molar-refractivity contribution in [3.05, 3.63) is 41.8 Å². The number of benzene rings is 1. The van der Waals surface area contributed by atoms with E-state index in [1.165, 1.54) is 6.08 Å². The van der Waals surface area contributed by atoms with Crippen LogP contribution in [0.2, 0.25) is 0 Å². The largest absolute Gasteiger partial charge is 0.443 e. The Morgan fingerprint density at radius 2 is 1.93 bits per heavy atom. The molecule has 1 aliphatic heterocycles. The number of sulfonamides is 1. The Balaban J connectivity index is 2.09. The molecule has 0 saturated carbocycles. The van der Waals surface area contributed by atoms with E-state index in [-0.39, 0.29) is 11.6 Å². The maximum absolute atomic E-state index is 12.5. The molecule has 30 heavy (non-hydrogen) atoms. The van der Waals surface area contributed by atoms with Gasteiger partial charge in [-0.25, -0.2) is 22.5 Å². The summed E-state index contributed by atoms with van der Waals surface area (Å²) in [5, 5.41) is 9.22. The highest BCUT2D eigenvalue weighted by Crippen LogP contribution is 2.23. The van der Waals surface area contributed by atoms with Gasteiger partial charge in [0.25, 0.3) is 0 Å². The maximum Gasteiger partial charge on any atom is 0.423 e. The van der Waals surface area contributed by atoms with Crippen LogP contribution in [0.1, 0.15) is 39.7 Å². The zero-order valence-electron chi connectivity index (χ0n) is 17.7. The first-order chi connectivity index (χ1) is 13.7. The fourth-order valence-electron chi connectivity index (χ4n) is 2.60. The first kappa shape index (κ1) is 23.4. The van der Waals surface area contributed by atoms with Gasteiger partial charge in [-0.05, 0) is 45.4 Å². The van der Waals surface area contributed by atoms with Crippen molar-refractivity contribution in [3.63, 3.8) is 0 Å². The van der Waals surface area contributed by atoms with Gasteiger partial charge in [-0.2, -0.15) is 5.26 Å².